The molecule has 0 saturated carbocycles. The molecule has 0 radical (unpaired) electrons. The highest BCUT2D eigenvalue weighted by molar-refractivity contribution is 5.39. The van der Waals surface area contributed by atoms with Gasteiger partial charge in [0.05, 0.1) is 17.9 Å². The summed E-state index contributed by atoms with van der Waals surface area (Å²) in [5, 5.41) is 5.86. The molecule has 0 spiro atoms. The highest BCUT2D eigenvalue weighted by Crippen LogP contribution is 1.90. The predicted octanol–water partition coefficient (Wildman–Crippen LogP) is -0.582. The molecule has 0 amide bonds. The first-order valence-electron chi connectivity index (χ1n) is 2.74. The van der Waals surface area contributed by atoms with E-state index in [1.54, 1.807) is 6.20 Å². The Bertz CT molecular complexity index is 401. The van der Waals surface area contributed by atoms with Crippen molar-refractivity contribution in [3.63, 3.8) is 0 Å². The first kappa shape index (κ1) is 5.16. The van der Waals surface area contributed by atoms with Crippen molar-refractivity contribution in [2.75, 3.05) is 0 Å². The Hall–Kier alpha value is -1.65. The normalized spacial score (nSPS) is 10.4. The molecular formula is C5H4N4O. The number of nitrogens with zero attached hydrogens (tertiary/aromatic N) is 3. The molecule has 10 heavy (non-hydrogen) atoms. The van der Waals surface area contributed by atoms with Gasteiger partial charge in [0.1, 0.15) is 6.33 Å². The zero-order chi connectivity index (χ0) is 6.97. The summed E-state index contributed by atoms with van der Waals surface area (Å²) in [5.74, 6) is 0. The van der Waals surface area contributed by atoms with Crippen molar-refractivity contribution in [3.05, 3.63) is 29.2 Å². The molecule has 0 saturated heterocycles. The minimum absolute atomic E-state index is 0.269. The van der Waals surface area contributed by atoms with E-state index in [0.29, 0.717) is 5.52 Å². The highest BCUT2D eigenvalue weighted by Gasteiger charge is 1.93. The molecule has 2 heterocycles. The summed E-state index contributed by atoms with van der Waals surface area (Å²) in [6.07, 6.45) is 4.55. The minimum Gasteiger partial charge on any atom is -0.248 e. The van der Waals surface area contributed by atoms with Gasteiger partial charge in [-0.3, -0.25) is 0 Å². The Labute approximate surface area is 55.3 Å². The summed E-state index contributed by atoms with van der Waals surface area (Å²) in [5.41, 5.74) is 0.429. The number of aromatic nitrogens is 4. The van der Waals surface area contributed by atoms with Gasteiger partial charge in [-0.05, 0) is 0 Å². The van der Waals surface area contributed by atoms with Crippen LogP contribution in [0.1, 0.15) is 0 Å². The van der Waals surface area contributed by atoms with Crippen molar-refractivity contribution >= 4 is 5.52 Å². The van der Waals surface area contributed by atoms with Crippen molar-refractivity contribution in [1.29, 1.82) is 0 Å². The van der Waals surface area contributed by atoms with Crippen LogP contribution in [0, 0.1) is 0 Å². The lowest BCUT2D eigenvalue weighted by Crippen LogP contribution is -2.15. The average Bonchev–Trinajstić information content (AvgIpc) is 2.36. The Morgan fingerprint density at radius 2 is 2.40 bits per heavy atom. The van der Waals surface area contributed by atoms with Gasteiger partial charge in [0.2, 0.25) is 0 Å². The summed E-state index contributed by atoms with van der Waals surface area (Å²) >= 11 is 0. The van der Waals surface area contributed by atoms with Crippen LogP contribution in [0.15, 0.2) is 23.5 Å². The Kier molecular flexibility index (Phi) is 0.858. The van der Waals surface area contributed by atoms with Gasteiger partial charge in [0.15, 0.2) is 0 Å². The number of rotatable bonds is 0. The fourth-order valence-corrected chi connectivity index (χ4v) is 0.778. The van der Waals surface area contributed by atoms with Gasteiger partial charge in [-0.2, -0.15) is 5.10 Å². The number of fused-ring (bicyclic) bond motifs is 1. The second kappa shape index (κ2) is 1.66. The van der Waals surface area contributed by atoms with Crippen LogP contribution in [0.5, 0.6) is 0 Å². The number of imidazole rings is 1. The van der Waals surface area contributed by atoms with Gasteiger partial charge in [-0.1, -0.05) is 0 Å². The second-order valence-corrected chi connectivity index (χ2v) is 1.86. The first-order valence-corrected chi connectivity index (χ1v) is 2.74. The number of hydrogen-bond acceptors (Lipinski definition) is 3. The third-order valence-electron chi connectivity index (χ3n) is 1.24. The van der Waals surface area contributed by atoms with Crippen LogP contribution in [-0.4, -0.2) is 19.6 Å². The fourth-order valence-electron chi connectivity index (χ4n) is 0.778. The third-order valence-corrected chi connectivity index (χ3v) is 1.24. The maximum absolute atomic E-state index is 10.8. The highest BCUT2D eigenvalue weighted by atomic mass is 16.1. The SMILES string of the molecule is O=c1[nH]ncc2cncn12. The molecule has 2 rings (SSSR count). The number of hydrogen-bond donors (Lipinski definition) is 1. The van der Waals surface area contributed by atoms with Gasteiger partial charge < -0.3 is 0 Å². The molecule has 0 fully saturated rings. The number of aromatic amines is 1. The molecule has 0 unspecified atom stereocenters. The minimum atomic E-state index is -0.269. The Morgan fingerprint density at radius 3 is 3.20 bits per heavy atom. The molecule has 0 atom stereocenters. The maximum Gasteiger partial charge on any atom is 0.347 e. The fraction of sp³-hybridized carbons (Fsp3) is 0. The molecule has 50 valence electrons. The molecule has 1 N–H and O–H groups in total. The van der Waals surface area contributed by atoms with E-state index in [4.69, 9.17) is 0 Å². The molecule has 0 bridgehead atoms. The van der Waals surface area contributed by atoms with E-state index in [-0.39, 0.29) is 5.69 Å². The summed E-state index contributed by atoms with van der Waals surface area (Å²) in [7, 11) is 0. The summed E-state index contributed by atoms with van der Waals surface area (Å²) in [6, 6.07) is 0. The average molecular weight is 136 g/mol. The molecular weight excluding hydrogens is 132 g/mol. The van der Waals surface area contributed by atoms with Gasteiger partial charge in [0.25, 0.3) is 0 Å². The predicted molar refractivity (Wildman–Crippen MR) is 33.6 cm³/mol. The monoisotopic (exact) mass is 136 g/mol. The number of nitrogens with one attached hydrogen (secondary N) is 1. The van der Waals surface area contributed by atoms with E-state index in [2.05, 4.69) is 15.2 Å². The summed E-state index contributed by atoms with van der Waals surface area (Å²) < 4.78 is 1.38. The molecule has 5 heteroatoms. The topological polar surface area (TPSA) is 63.0 Å². The summed E-state index contributed by atoms with van der Waals surface area (Å²) in [4.78, 5) is 14.6. The van der Waals surface area contributed by atoms with Crippen molar-refractivity contribution in [3.8, 4) is 0 Å². The lowest BCUT2D eigenvalue weighted by molar-refractivity contribution is 0.885. The van der Waals surface area contributed by atoms with Crippen molar-refractivity contribution in [2.45, 2.75) is 0 Å². The van der Waals surface area contributed by atoms with E-state index in [1.807, 2.05) is 0 Å². The van der Waals surface area contributed by atoms with Crippen LogP contribution in [-0.2, 0) is 0 Å². The zero-order valence-corrected chi connectivity index (χ0v) is 4.98. The second-order valence-electron chi connectivity index (χ2n) is 1.86. The largest absolute Gasteiger partial charge is 0.347 e. The Morgan fingerprint density at radius 1 is 1.50 bits per heavy atom. The number of H-pyrrole nitrogens is 1. The van der Waals surface area contributed by atoms with Crippen molar-refractivity contribution in [2.24, 2.45) is 0 Å². The van der Waals surface area contributed by atoms with Gasteiger partial charge in [-0.15, -0.1) is 0 Å². The summed E-state index contributed by atoms with van der Waals surface area (Å²) in [6.45, 7) is 0. The molecule has 0 aliphatic carbocycles. The van der Waals surface area contributed by atoms with E-state index in [0.717, 1.165) is 0 Å². The molecule has 2 aromatic rings. The van der Waals surface area contributed by atoms with Crippen LogP contribution in [0.25, 0.3) is 5.52 Å². The molecule has 0 aromatic carbocycles. The molecule has 2 aromatic heterocycles. The van der Waals surface area contributed by atoms with E-state index in [1.165, 1.54) is 16.9 Å². The van der Waals surface area contributed by atoms with E-state index in [9.17, 15) is 4.79 Å². The van der Waals surface area contributed by atoms with Crippen LogP contribution in [0.2, 0.25) is 0 Å². The van der Waals surface area contributed by atoms with Crippen LogP contribution in [0.3, 0.4) is 0 Å². The van der Waals surface area contributed by atoms with Crippen molar-refractivity contribution in [1.82, 2.24) is 19.6 Å². The third kappa shape index (κ3) is 0.540. The molecule has 5 nitrogen and oxygen atoms in total. The van der Waals surface area contributed by atoms with E-state index >= 15 is 0 Å². The van der Waals surface area contributed by atoms with Crippen LogP contribution >= 0.6 is 0 Å². The van der Waals surface area contributed by atoms with Crippen LogP contribution < -0.4 is 5.69 Å². The van der Waals surface area contributed by atoms with Crippen LogP contribution in [0.4, 0.5) is 0 Å². The maximum atomic E-state index is 10.8. The van der Waals surface area contributed by atoms with Gasteiger partial charge in [-0.25, -0.2) is 19.3 Å². The quantitative estimate of drug-likeness (QED) is 0.526. The zero-order valence-electron chi connectivity index (χ0n) is 4.98. The standard InChI is InChI=1S/C5H4N4O/c10-5-8-7-2-4-1-6-3-9(4)5/h1-3H,(H,8,10). The van der Waals surface area contributed by atoms with Gasteiger partial charge in [0, 0.05) is 0 Å². The lowest BCUT2D eigenvalue weighted by atomic mass is 10.6. The van der Waals surface area contributed by atoms with E-state index < -0.39 is 0 Å². The molecule has 0 aliphatic heterocycles. The van der Waals surface area contributed by atoms with Crippen molar-refractivity contribution < 1.29 is 0 Å². The lowest BCUT2D eigenvalue weighted by Gasteiger charge is -1.86. The molecule has 0 aliphatic rings. The van der Waals surface area contributed by atoms with Gasteiger partial charge >= 0.3 is 5.69 Å². The first-order chi connectivity index (χ1) is 4.88. The smallest absolute Gasteiger partial charge is 0.248 e. The Balaban J connectivity index is 3.09.